The van der Waals surface area contributed by atoms with Gasteiger partial charge in [-0.05, 0) is 57.4 Å². The molecule has 0 saturated carbocycles. The van der Waals surface area contributed by atoms with E-state index < -0.39 is 23.9 Å². The summed E-state index contributed by atoms with van der Waals surface area (Å²) < 4.78 is 9.64. The zero-order chi connectivity index (χ0) is 19.6. The number of nitrogens with zero attached hydrogens (tertiary/aromatic N) is 1. The van der Waals surface area contributed by atoms with Gasteiger partial charge in [-0.3, -0.25) is 4.79 Å². The van der Waals surface area contributed by atoms with E-state index in [9.17, 15) is 14.4 Å². The van der Waals surface area contributed by atoms with Gasteiger partial charge in [0.25, 0.3) is 5.91 Å². The number of hydrogen-bond acceptors (Lipinski definition) is 6. The van der Waals surface area contributed by atoms with Crippen LogP contribution < -0.4 is 10.2 Å². The summed E-state index contributed by atoms with van der Waals surface area (Å²) in [6.45, 7) is 5.45. The summed E-state index contributed by atoms with van der Waals surface area (Å²) in [5.41, 5.74) is 1.77. The molecule has 146 valence electrons. The first-order valence-electron chi connectivity index (χ1n) is 9.21. The van der Waals surface area contributed by atoms with Crippen LogP contribution in [0.15, 0.2) is 36.4 Å². The van der Waals surface area contributed by atoms with Gasteiger partial charge in [-0.2, -0.15) is 0 Å². The second-order valence-corrected chi connectivity index (χ2v) is 6.25. The average molecular weight is 374 g/mol. The summed E-state index contributed by atoms with van der Waals surface area (Å²) in [6, 6.07) is 7.60. The highest BCUT2D eigenvalue weighted by atomic mass is 16.5. The molecule has 1 aromatic rings. The van der Waals surface area contributed by atoms with Crippen molar-refractivity contribution in [2.24, 2.45) is 0 Å². The molecule has 1 heterocycles. The van der Waals surface area contributed by atoms with Gasteiger partial charge < -0.3 is 19.7 Å². The van der Waals surface area contributed by atoms with Gasteiger partial charge in [-0.25, -0.2) is 9.59 Å². The van der Waals surface area contributed by atoms with Crippen LogP contribution in [-0.2, 0) is 23.9 Å². The Kier molecular flexibility index (Phi) is 7.85. The first kappa shape index (κ1) is 20.5. The third-order valence-corrected chi connectivity index (χ3v) is 4.16. The topological polar surface area (TPSA) is 84.9 Å². The number of nitrogens with one attached hydrogen (secondary N) is 1. The number of carbonyl (C=O) groups excluding carboxylic acids is 3. The van der Waals surface area contributed by atoms with Crippen LogP contribution in [0.1, 0.15) is 33.1 Å². The Morgan fingerprint density at radius 3 is 2.33 bits per heavy atom. The van der Waals surface area contributed by atoms with E-state index in [2.05, 4.69) is 15.0 Å². The largest absolute Gasteiger partial charge is 0.463 e. The fourth-order valence-corrected chi connectivity index (χ4v) is 2.75. The molecule has 0 bridgehead atoms. The number of amides is 1. The zero-order valence-electron chi connectivity index (χ0n) is 15.8. The second-order valence-electron chi connectivity index (χ2n) is 6.25. The minimum Gasteiger partial charge on any atom is -0.463 e. The molecule has 0 aromatic heterocycles. The Balaban J connectivity index is 1.83. The van der Waals surface area contributed by atoms with Gasteiger partial charge in [0.1, 0.15) is 0 Å². The Bertz CT molecular complexity index is 678. The van der Waals surface area contributed by atoms with Gasteiger partial charge in [0.15, 0.2) is 6.10 Å². The smallest absolute Gasteiger partial charge is 0.331 e. The first-order chi connectivity index (χ1) is 13.0. The lowest BCUT2D eigenvalue weighted by Crippen LogP contribution is -2.30. The minimum absolute atomic E-state index is 0.216. The van der Waals surface area contributed by atoms with Crippen molar-refractivity contribution < 1.29 is 23.9 Å². The van der Waals surface area contributed by atoms with Crippen LogP contribution >= 0.6 is 0 Å². The number of benzene rings is 1. The number of piperidine rings is 1. The Hall–Kier alpha value is -2.83. The number of rotatable bonds is 7. The molecule has 7 nitrogen and oxygen atoms in total. The van der Waals surface area contributed by atoms with Crippen molar-refractivity contribution in [2.45, 2.75) is 39.2 Å². The van der Waals surface area contributed by atoms with E-state index in [1.807, 2.05) is 24.3 Å². The zero-order valence-corrected chi connectivity index (χ0v) is 15.8. The minimum atomic E-state index is -0.994. The maximum Gasteiger partial charge on any atom is 0.331 e. The number of hydrogen-bond donors (Lipinski definition) is 1. The molecule has 0 aliphatic carbocycles. The highest BCUT2D eigenvalue weighted by molar-refractivity contribution is 5.97. The number of carbonyl (C=O) groups is 3. The number of ether oxygens (including phenoxy) is 2. The molecule has 1 N–H and O–H groups in total. The lowest BCUT2D eigenvalue weighted by molar-refractivity contribution is -0.148. The van der Waals surface area contributed by atoms with Crippen molar-refractivity contribution in [3.8, 4) is 0 Å². The third-order valence-electron chi connectivity index (χ3n) is 4.16. The molecule has 1 amide bonds. The summed E-state index contributed by atoms with van der Waals surface area (Å²) in [7, 11) is 0. The molecule has 1 saturated heterocycles. The first-order valence-corrected chi connectivity index (χ1v) is 9.21. The molecule has 2 rings (SSSR count). The SMILES string of the molecule is CCOC(=O)/C=C/C(=O)O[C@@H](C)C(=O)Nc1ccc(N2CCCCC2)cc1. The summed E-state index contributed by atoms with van der Waals surface area (Å²) >= 11 is 0. The van der Waals surface area contributed by atoms with Gasteiger partial charge in [-0.15, -0.1) is 0 Å². The second kappa shape index (κ2) is 10.4. The van der Waals surface area contributed by atoms with Gasteiger partial charge >= 0.3 is 11.9 Å². The van der Waals surface area contributed by atoms with Gasteiger partial charge in [-0.1, -0.05) is 0 Å². The Morgan fingerprint density at radius 2 is 1.70 bits per heavy atom. The van der Waals surface area contributed by atoms with E-state index >= 15 is 0 Å². The van der Waals surface area contributed by atoms with Crippen LogP contribution in [0.5, 0.6) is 0 Å². The molecule has 1 fully saturated rings. The van der Waals surface area contributed by atoms with Crippen LogP contribution in [0, 0.1) is 0 Å². The van der Waals surface area contributed by atoms with Crippen LogP contribution in [0.2, 0.25) is 0 Å². The summed E-state index contributed by atoms with van der Waals surface area (Å²) in [5.74, 6) is -1.87. The fraction of sp³-hybridized carbons (Fsp3) is 0.450. The quantitative estimate of drug-likeness (QED) is 0.583. The van der Waals surface area contributed by atoms with E-state index in [0.717, 1.165) is 30.9 Å². The molecule has 0 unspecified atom stereocenters. The van der Waals surface area contributed by atoms with Crippen molar-refractivity contribution in [2.75, 3.05) is 29.9 Å². The van der Waals surface area contributed by atoms with Gasteiger partial charge in [0.05, 0.1) is 6.61 Å². The maximum atomic E-state index is 12.2. The Morgan fingerprint density at radius 1 is 1.07 bits per heavy atom. The normalized spacial score (nSPS) is 15.3. The highest BCUT2D eigenvalue weighted by Gasteiger charge is 2.17. The summed E-state index contributed by atoms with van der Waals surface area (Å²) in [6.07, 6.45) is 4.59. The van der Waals surface area contributed by atoms with Crippen molar-refractivity contribution in [3.63, 3.8) is 0 Å². The molecule has 0 radical (unpaired) electrons. The van der Waals surface area contributed by atoms with Crippen molar-refractivity contribution >= 4 is 29.2 Å². The van der Waals surface area contributed by atoms with Crippen LogP contribution in [-0.4, -0.2) is 43.6 Å². The predicted molar refractivity (Wildman–Crippen MR) is 102 cm³/mol. The molecule has 1 aliphatic heterocycles. The van der Waals surface area contributed by atoms with Gasteiger partial charge in [0.2, 0.25) is 0 Å². The molecule has 1 aliphatic rings. The van der Waals surface area contributed by atoms with Crippen molar-refractivity contribution in [3.05, 3.63) is 36.4 Å². The predicted octanol–water partition coefficient (Wildman–Crippen LogP) is 2.67. The van der Waals surface area contributed by atoms with Crippen LogP contribution in [0.3, 0.4) is 0 Å². The number of anilines is 2. The number of esters is 2. The van der Waals surface area contributed by atoms with E-state index in [-0.39, 0.29) is 6.61 Å². The molecular formula is C20H26N2O5. The van der Waals surface area contributed by atoms with Crippen molar-refractivity contribution in [1.82, 2.24) is 0 Å². The van der Waals surface area contributed by atoms with E-state index in [1.165, 1.54) is 26.2 Å². The molecular weight excluding hydrogens is 348 g/mol. The summed E-state index contributed by atoms with van der Waals surface area (Å²) in [5, 5.41) is 2.71. The lowest BCUT2D eigenvalue weighted by Gasteiger charge is -2.28. The fourth-order valence-electron chi connectivity index (χ4n) is 2.75. The van der Waals surface area contributed by atoms with Crippen LogP contribution in [0.4, 0.5) is 11.4 Å². The molecule has 1 aromatic carbocycles. The highest BCUT2D eigenvalue weighted by Crippen LogP contribution is 2.21. The lowest BCUT2D eigenvalue weighted by atomic mass is 10.1. The maximum absolute atomic E-state index is 12.2. The van der Waals surface area contributed by atoms with Crippen molar-refractivity contribution in [1.29, 1.82) is 0 Å². The van der Waals surface area contributed by atoms with E-state index in [4.69, 9.17) is 4.74 Å². The molecule has 27 heavy (non-hydrogen) atoms. The Labute approximate surface area is 159 Å². The average Bonchev–Trinajstić information content (AvgIpc) is 2.68. The standard InChI is InChI=1S/C20H26N2O5/c1-3-26-18(23)11-12-19(24)27-15(2)20(25)21-16-7-9-17(10-8-16)22-13-5-4-6-14-22/h7-12,15H,3-6,13-14H2,1-2H3,(H,21,25)/b12-11+/t15-/m0/s1. The van der Waals surface area contributed by atoms with Gasteiger partial charge in [0, 0.05) is 36.6 Å². The van der Waals surface area contributed by atoms with Crippen LogP contribution in [0.25, 0.3) is 0 Å². The van der Waals surface area contributed by atoms with E-state index in [0.29, 0.717) is 5.69 Å². The van der Waals surface area contributed by atoms with E-state index in [1.54, 1.807) is 6.92 Å². The summed E-state index contributed by atoms with van der Waals surface area (Å²) in [4.78, 5) is 37.3. The molecule has 0 spiro atoms. The third kappa shape index (κ3) is 6.77. The molecule has 1 atom stereocenters. The monoisotopic (exact) mass is 374 g/mol. The molecule has 7 heteroatoms.